The van der Waals surface area contributed by atoms with E-state index in [4.69, 9.17) is 10.5 Å². The Hall–Kier alpha value is -2.12. The number of amides is 1. The molecular formula is C11H20N6O2. The van der Waals surface area contributed by atoms with Crippen LogP contribution in [0.1, 0.15) is 20.8 Å². The fraction of sp³-hybridized carbons (Fsp3) is 0.636. The van der Waals surface area contributed by atoms with E-state index in [0.717, 1.165) is 0 Å². The van der Waals surface area contributed by atoms with Gasteiger partial charge in [-0.15, -0.1) is 0 Å². The Morgan fingerprint density at radius 2 is 2.11 bits per heavy atom. The number of nitrogens with zero attached hydrogens (tertiary/aromatic N) is 4. The zero-order valence-corrected chi connectivity index (χ0v) is 11.7. The van der Waals surface area contributed by atoms with E-state index < -0.39 is 6.04 Å². The molecule has 1 unspecified atom stereocenters. The lowest BCUT2D eigenvalue weighted by molar-refractivity contribution is -0.130. The summed E-state index contributed by atoms with van der Waals surface area (Å²) in [5.74, 6) is 0.213. The Kier molecular flexibility index (Phi) is 5.28. The number of nitrogens with two attached hydrogens (primary N) is 1. The van der Waals surface area contributed by atoms with Crippen LogP contribution in [-0.4, -0.2) is 52.0 Å². The Balaban J connectivity index is 2.78. The van der Waals surface area contributed by atoms with E-state index in [9.17, 15) is 4.79 Å². The molecule has 0 aliphatic rings. The maximum absolute atomic E-state index is 11.9. The Bertz CT molecular complexity index is 439. The van der Waals surface area contributed by atoms with Crippen molar-refractivity contribution >= 4 is 17.8 Å². The van der Waals surface area contributed by atoms with Crippen molar-refractivity contribution in [2.45, 2.75) is 26.8 Å². The van der Waals surface area contributed by atoms with Gasteiger partial charge < -0.3 is 20.7 Å². The van der Waals surface area contributed by atoms with Crippen LogP contribution in [-0.2, 0) is 4.79 Å². The Labute approximate surface area is 112 Å². The maximum Gasteiger partial charge on any atom is 0.323 e. The first-order chi connectivity index (χ1) is 8.97. The van der Waals surface area contributed by atoms with Crippen molar-refractivity contribution in [3.8, 4) is 6.01 Å². The van der Waals surface area contributed by atoms with Gasteiger partial charge in [0.2, 0.25) is 17.8 Å². The van der Waals surface area contributed by atoms with Crippen molar-refractivity contribution in [2.24, 2.45) is 0 Å². The van der Waals surface area contributed by atoms with Crippen molar-refractivity contribution in [3.63, 3.8) is 0 Å². The minimum Gasteiger partial charge on any atom is -0.464 e. The van der Waals surface area contributed by atoms with Gasteiger partial charge in [-0.25, -0.2) is 0 Å². The molecule has 0 aliphatic carbocycles. The first kappa shape index (κ1) is 14.9. The van der Waals surface area contributed by atoms with Crippen LogP contribution < -0.4 is 15.8 Å². The molecular weight excluding hydrogens is 248 g/mol. The number of anilines is 2. The first-order valence-electron chi connectivity index (χ1n) is 6.13. The van der Waals surface area contributed by atoms with Gasteiger partial charge in [0.25, 0.3) is 0 Å². The summed E-state index contributed by atoms with van der Waals surface area (Å²) >= 11 is 0. The molecule has 8 heteroatoms. The molecule has 0 radical (unpaired) electrons. The molecule has 1 atom stereocenters. The summed E-state index contributed by atoms with van der Waals surface area (Å²) in [5, 5.41) is 2.88. The molecule has 3 N–H and O–H groups in total. The fourth-order valence-corrected chi connectivity index (χ4v) is 1.37. The van der Waals surface area contributed by atoms with Crippen molar-refractivity contribution in [1.29, 1.82) is 0 Å². The molecule has 1 amide bonds. The summed E-state index contributed by atoms with van der Waals surface area (Å²) in [6, 6.07) is -0.317. The monoisotopic (exact) mass is 268 g/mol. The van der Waals surface area contributed by atoms with E-state index in [2.05, 4.69) is 20.3 Å². The number of likely N-dealkylation sites (N-methyl/N-ethyl adjacent to an activating group) is 1. The van der Waals surface area contributed by atoms with Gasteiger partial charge in [-0.05, 0) is 20.8 Å². The van der Waals surface area contributed by atoms with E-state index in [0.29, 0.717) is 13.2 Å². The summed E-state index contributed by atoms with van der Waals surface area (Å²) in [6.07, 6.45) is 0. The predicted molar refractivity (Wildman–Crippen MR) is 71.8 cm³/mol. The van der Waals surface area contributed by atoms with E-state index in [1.807, 2.05) is 13.8 Å². The molecule has 0 spiro atoms. The van der Waals surface area contributed by atoms with E-state index in [1.54, 1.807) is 18.9 Å². The number of aromatic nitrogens is 3. The third-order valence-electron chi connectivity index (χ3n) is 2.47. The van der Waals surface area contributed by atoms with Crippen molar-refractivity contribution in [2.75, 3.05) is 31.2 Å². The smallest absolute Gasteiger partial charge is 0.323 e. The minimum absolute atomic E-state index is 0.0458. The molecule has 1 rings (SSSR count). The van der Waals surface area contributed by atoms with Crippen LogP contribution in [0.4, 0.5) is 11.9 Å². The summed E-state index contributed by atoms with van der Waals surface area (Å²) in [6.45, 7) is 6.51. The largest absolute Gasteiger partial charge is 0.464 e. The number of nitrogens with one attached hydrogen (secondary N) is 1. The van der Waals surface area contributed by atoms with Gasteiger partial charge in [0.05, 0.1) is 6.61 Å². The van der Waals surface area contributed by atoms with Crippen molar-refractivity contribution in [1.82, 2.24) is 19.9 Å². The highest BCUT2D eigenvalue weighted by atomic mass is 16.5. The quantitative estimate of drug-likeness (QED) is 0.755. The zero-order chi connectivity index (χ0) is 14.4. The third kappa shape index (κ3) is 4.23. The molecule has 1 heterocycles. The second kappa shape index (κ2) is 6.72. The van der Waals surface area contributed by atoms with Gasteiger partial charge in [-0.3, -0.25) is 4.79 Å². The highest BCUT2D eigenvalue weighted by molar-refractivity contribution is 5.83. The van der Waals surface area contributed by atoms with Crippen LogP contribution in [0.25, 0.3) is 0 Å². The van der Waals surface area contributed by atoms with Gasteiger partial charge in [0.15, 0.2) is 0 Å². The number of hydrogen-bond acceptors (Lipinski definition) is 7. The van der Waals surface area contributed by atoms with Crippen LogP contribution >= 0.6 is 0 Å². The molecule has 106 valence electrons. The minimum atomic E-state index is -0.457. The standard InChI is InChI=1S/C11H20N6O2/c1-5-17(4)8(18)7(3)13-10-14-9(12)15-11(16-10)19-6-2/h7H,5-6H2,1-4H3,(H3,12,13,14,15,16). The van der Waals surface area contributed by atoms with E-state index in [1.165, 1.54) is 0 Å². The Morgan fingerprint density at radius 3 is 2.68 bits per heavy atom. The second-order valence-electron chi connectivity index (χ2n) is 3.95. The van der Waals surface area contributed by atoms with E-state index in [-0.39, 0.29) is 23.8 Å². The highest BCUT2D eigenvalue weighted by Gasteiger charge is 2.17. The summed E-state index contributed by atoms with van der Waals surface area (Å²) in [4.78, 5) is 25.3. The van der Waals surface area contributed by atoms with Crippen molar-refractivity contribution < 1.29 is 9.53 Å². The van der Waals surface area contributed by atoms with Crippen LogP contribution in [0.3, 0.4) is 0 Å². The fourth-order valence-electron chi connectivity index (χ4n) is 1.37. The molecule has 1 aromatic heterocycles. The topological polar surface area (TPSA) is 106 Å². The maximum atomic E-state index is 11.9. The lowest BCUT2D eigenvalue weighted by atomic mass is 10.3. The molecule has 0 saturated carbocycles. The second-order valence-corrected chi connectivity index (χ2v) is 3.95. The van der Waals surface area contributed by atoms with Gasteiger partial charge >= 0.3 is 6.01 Å². The first-order valence-corrected chi connectivity index (χ1v) is 6.13. The summed E-state index contributed by atoms with van der Waals surface area (Å²) in [7, 11) is 1.73. The SMILES string of the molecule is CCOc1nc(N)nc(NC(C)C(=O)N(C)CC)n1. The van der Waals surface area contributed by atoms with Gasteiger partial charge in [-0.1, -0.05) is 0 Å². The number of carbonyl (C=O) groups excluding carboxylic acids is 1. The number of ether oxygens (including phenoxy) is 1. The average molecular weight is 268 g/mol. The number of rotatable bonds is 6. The van der Waals surface area contributed by atoms with Gasteiger partial charge in [0.1, 0.15) is 6.04 Å². The average Bonchev–Trinajstić information content (AvgIpc) is 2.36. The number of carbonyl (C=O) groups is 1. The van der Waals surface area contributed by atoms with Gasteiger partial charge in [0, 0.05) is 13.6 Å². The predicted octanol–water partition coefficient (Wildman–Crippen LogP) is 0.131. The van der Waals surface area contributed by atoms with Crippen LogP contribution in [0.15, 0.2) is 0 Å². The van der Waals surface area contributed by atoms with E-state index >= 15 is 0 Å². The molecule has 0 fully saturated rings. The van der Waals surface area contributed by atoms with Crippen LogP contribution in [0.5, 0.6) is 6.01 Å². The molecule has 19 heavy (non-hydrogen) atoms. The molecule has 0 aliphatic heterocycles. The van der Waals surface area contributed by atoms with Crippen LogP contribution in [0, 0.1) is 0 Å². The zero-order valence-electron chi connectivity index (χ0n) is 11.7. The lowest BCUT2D eigenvalue weighted by Gasteiger charge is -2.20. The summed E-state index contributed by atoms with van der Waals surface area (Å²) in [5.41, 5.74) is 5.55. The van der Waals surface area contributed by atoms with Gasteiger partial charge in [-0.2, -0.15) is 15.0 Å². The molecule has 0 saturated heterocycles. The molecule has 0 bridgehead atoms. The van der Waals surface area contributed by atoms with Crippen molar-refractivity contribution in [3.05, 3.63) is 0 Å². The highest BCUT2D eigenvalue weighted by Crippen LogP contribution is 2.10. The number of nitrogen functional groups attached to an aromatic ring is 1. The molecule has 0 aromatic carbocycles. The number of hydrogen-bond donors (Lipinski definition) is 2. The normalized spacial score (nSPS) is 11.8. The third-order valence-corrected chi connectivity index (χ3v) is 2.47. The summed E-state index contributed by atoms with van der Waals surface area (Å²) < 4.78 is 5.16. The molecule has 1 aromatic rings. The van der Waals surface area contributed by atoms with Crippen LogP contribution in [0.2, 0.25) is 0 Å². The Morgan fingerprint density at radius 1 is 1.42 bits per heavy atom. The lowest BCUT2D eigenvalue weighted by Crippen LogP contribution is -2.39. The molecule has 8 nitrogen and oxygen atoms in total.